The maximum atomic E-state index is 12.3. The van der Waals surface area contributed by atoms with Gasteiger partial charge in [-0.05, 0) is 36.8 Å². The lowest BCUT2D eigenvalue weighted by Gasteiger charge is -2.03. The van der Waals surface area contributed by atoms with Crippen LogP contribution in [0.4, 0.5) is 0 Å². The molecule has 1 amide bonds. The molecule has 1 aromatic carbocycles. The minimum Gasteiger partial charge on any atom is -0.468 e. The molecule has 25 heavy (non-hydrogen) atoms. The Morgan fingerprint density at radius 1 is 1.24 bits per heavy atom. The number of methoxy groups -OCH3 is 1. The zero-order chi connectivity index (χ0) is 18.0. The fourth-order valence-corrected chi connectivity index (χ4v) is 4.58. The Morgan fingerprint density at radius 3 is 2.72 bits per heavy atom. The summed E-state index contributed by atoms with van der Waals surface area (Å²) in [6, 6.07) is 9.47. The summed E-state index contributed by atoms with van der Waals surface area (Å²) in [5.74, 6) is -0.667. The highest BCUT2D eigenvalue weighted by Gasteiger charge is 2.12. The van der Waals surface area contributed by atoms with E-state index in [1.165, 1.54) is 29.8 Å². The number of halogens is 1. The van der Waals surface area contributed by atoms with Gasteiger partial charge in [0.1, 0.15) is 6.54 Å². The Balaban J connectivity index is 2.02. The first-order valence-electron chi connectivity index (χ1n) is 7.45. The van der Waals surface area contributed by atoms with Crippen molar-refractivity contribution in [2.75, 3.05) is 7.11 Å². The number of thiophene rings is 1. The molecule has 0 aliphatic carbocycles. The number of hydrogen-bond acceptors (Lipinski definition) is 5. The first kappa shape index (κ1) is 17.8. The summed E-state index contributed by atoms with van der Waals surface area (Å²) in [6.45, 7) is 2.00. The summed E-state index contributed by atoms with van der Waals surface area (Å²) in [7, 11) is 1.34. The first-order valence-corrected chi connectivity index (χ1v) is 9.46. The molecule has 0 N–H and O–H groups in total. The van der Waals surface area contributed by atoms with Crippen molar-refractivity contribution >= 4 is 56.4 Å². The number of carbonyl (C=O) groups is 2. The minimum absolute atomic E-state index is 0.0104. The number of amides is 1. The molecule has 0 radical (unpaired) electrons. The molecule has 2 aromatic heterocycles. The number of ether oxygens (including phenoxy) is 1. The van der Waals surface area contributed by atoms with Gasteiger partial charge in [-0.1, -0.05) is 29.0 Å². The summed E-state index contributed by atoms with van der Waals surface area (Å²) in [5.41, 5.74) is 1.96. The van der Waals surface area contributed by atoms with E-state index in [-0.39, 0.29) is 24.8 Å². The number of thiazole rings is 1. The highest BCUT2D eigenvalue weighted by molar-refractivity contribution is 7.16. The molecule has 2 heterocycles. The Bertz CT molecular complexity index is 1020. The third-order valence-electron chi connectivity index (χ3n) is 3.53. The predicted molar refractivity (Wildman–Crippen MR) is 100 cm³/mol. The van der Waals surface area contributed by atoms with Gasteiger partial charge >= 0.3 is 5.97 Å². The molecule has 0 saturated heterocycles. The Morgan fingerprint density at radius 2 is 2.04 bits per heavy atom. The average Bonchev–Trinajstić information content (AvgIpc) is 3.10. The molecule has 0 fully saturated rings. The second kappa shape index (κ2) is 7.51. The zero-order valence-electron chi connectivity index (χ0n) is 13.6. The smallest absolute Gasteiger partial charge is 0.325 e. The fourth-order valence-electron chi connectivity index (χ4n) is 2.35. The Labute approximate surface area is 157 Å². The molecule has 130 valence electrons. The number of carbonyl (C=O) groups excluding carboxylic acids is 2. The molecule has 0 aliphatic rings. The van der Waals surface area contributed by atoms with Crippen LogP contribution in [0.15, 0.2) is 35.3 Å². The van der Waals surface area contributed by atoms with E-state index < -0.39 is 0 Å². The van der Waals surface area contributed by atoms with Crippen molar-refractivity contribution in [2.45, 2.75) is 19.9 Å². The van der Waals surface area contributed by atoms with Crippen molar-refractivity contribution in [1.82, 2.24) is 4.57 Å². The van der Waals surface area contributed by atoms with Crippen LogP contribution in [0.1, 0.15) is 10.4 Å². The van der Waals surface area contributed by atoms with Crippen molar-refractivity contribution < 1.29 is 14.3 Å². The van der Waals surface area contributed by atoms with E-state index in [0.29, 0.717) is 9.14 Å². The Kier molecular flexibility index (Phi) is 5.36. The average molecular weight is 395 g/mol. The van der Waals surface area contributed by atoms with Crippen LogP contribution in [0.3, 0.4) is 0 Å². The molecule has 0 bridgehead atoms. The summed E-state index contributed by atoms with van der Waals surface area (Å²) in [6.07, 6.45) is 0.183. The van der Waals surface area contributed by atoms with E-state index in [2.05, 4.69) is 4.99 Å². The number of fused-ring (bicyclic) bond motifs is 1. The molecule has 3 rings (SSSR count). The quantitative estimate of drug-likeness (QED) is 0.635. The fraction of sp³-hybridized carbons (Fsp3) is 0.235. The van der Waals surface area contributed by atoms with E-state index in [0.717, 1.165) is 20.7 Å². The van der Waals surface area contributed by atoms with Crippen LogP contribution >= 0.6 is 34.3 Å². The number of hydrogen-bond donors (Lipinski definition) is 0. The minimum atomic E-state index is -0.390. The summed E-state index contributed by atoms with van der Waals surface area (Å²) in [5, 5.41) is 0. The van der Waals surface area contributed by atoms with Crippen molar-refractivity contribution in [2.24, 2.45) is 4.99 Å². The molecule has 3 aromatic rings. The van der Waals surface area contributed by atoms with Gasteiger partial charge in [0.2, 0.25) is 0 Å². The highest BCUT2D eigenvalue weighted by Crippen LogP contribution is 2.22. The number of aryl methyl sites for hydroxylation is 1. The number of benzene rings is 1. The third-order valence-corrected chi connectivity index (χ3v) is 5.80. The molecule has 0 aliphatic heterocycles. The molecular formula is C17H15ClN2O3S2. The van der Waals surface area contributed by atoms with Gasteiger partial charge < -0.3 is 9.30 Å². The largest absolute Gasteiger partial charge is 0.468 e. The van der Waals surface area contributed by atoms with Crippen LogP contribution in [0, 0.1) is 6.92 Å². The third kappa shape index (κ3) is 4.18. The summed E-state index contributed by atoms with van der Waals surface area (Å²) < 4.78 is 8.08. The van der Waals surface area contributed by atoms with E-state index in [9.17, 15) is 9.59 Å². The standard InChI is InChI=1S/C17H15ClN2O3S2/c1-10-3-5-12-13(7-10)25-17(20(12)9-16(22)23-2)19-15(21)8-11-4-6-14(18)24-11/h3-7H,8-9H2,1-2H3. The maximum absolute atomic E-state index is 12.3. The van der Waals surface area contributed by atoms with Gasteiger partial charge in [-0.15, -0.1) is 11.3 Å². The van der Waals surface area contributed by atoms with Crippen molar-refractivity contribution in [1.29, 1.82) is 0 Å². The van der Waals surface area contributed by atoms with Crippen molar-refractivity contribution in [3.05, 3.63) is 49.9 Å². The molecule has 0 spiro atoms. The summed E-state index contributed by atoms with van der Waals surface area (Å²) >= 11 is 8.63. The number of esters is 1. The second-order valence-electron chi connectivity index (χ2n) is 5.41. The van der Waals surface area contributed by atoms with Crippen LogP contribution in [0.5, 0.6) is 0 Å². The van der Waals surface area contributed by atoms with Crippen LogP contribution in [0.2, 0.25) is 4.34 Å². The van der Waals surface area contributed by atoms with Gasteiger partial charge in [-0.3, -0.25) is 9.59 Å². The molecule has 0 atom stereocenters. The normalized spacial score (nSPS) is 11.9. The predicted octanol–water partition coefficient (Wildman–Crippen LogP) is 3.57. The number of rotatable bonds is 4. The van der Waals surface area contributed by atoms with Gasteiger partial charge in [0, 0.05) is 4.88 Å². The van der Waals surface area contributed by atoms with Crippen LogP contribution < -0.4 is 4.80 Å². The van der Waals surface area contributed by atoms with Gasteiger partial charge in [0.25, 0.3) is 5.91 Å². The maximum Gasteiger partial charge on any atom is 0.325 e. The topological polar surface area (TPSA) is 60.7 Å². The monoisotopic (exact) mass is 394 g/mol. The summed E-state index contributed by atoms with van der Waals surface area (Å²) in [4.78, 5) is 29.6. The van der Waals surface area contributed by atoms with Crippen molar-refractivity contribution in [3.63, 3.8) is 0 Å². The van der Waals surface area contributed by atoms with E-state index in [1.807, 2.05) is 31.2 Å². The lowest BCUT2D eigenvalue weighted by molar-refractivity contribution is -0.141. The number of aromatic nitrogens is 1. The van der Waals surface area contributed by atoms with Crippen LogP contribution in [0.25, 0.3) is 10.2 Å². The molecule has 0 saturated carbocycles. The SMILES string of the molecule is COC(=O)Cn1c(=NC(=O)Cc2ccc(Cl)s2)sc2cc(C)ccc21. The molecular weight excluding hydrogens is 380 g/mol. The lowest BCUT2D eigenvalue weighted by Crippen LogP contribution is -2.22. The van der Waals surface area contributed by atoms with E-state index in [1.54, 1.807) is 10.6 Å². The Hall–Kier alpha value is -1.96. The number of nitrogens with zero attached hydrogens (tertiary/aromatic N) is 2. The molecule has 5 nitrogen and oxygen atoms in total. The molecule has 0 unspecified atom stereocenters. The van der Waals surface area contributed by atoms with Gasteiger partial charge in [-0.2, -0.15) is 4.99 Å². The highest BCUT2D eigenvalue weighted by atomic mass is 35.5. The van der Waals surface area contributed by atoms with Gasteiger partial charge in [0.15, 0.2) is 4.80 Å². The molecule has 8 heteroatoms. The lowest BCUT2D eigenvalue weighted by atomic mass is 10.2. The zero-order valence-corrected chi connectivity index (χ0v) is 16.0. The van der Waals surface area contributed by atoms with E-state index >= 15 is 0 Å². The van der Waals surface area contributed by atoms with Gasteiger partial charge in [0.05, 0.1) is 28.1 Å². The van der Waals surface area contributed by atoms with E-state index in [4.69, 9.17) is 16.3 Å². The van der Waals surface area contributed by atoms with Gasteiger partial charge in [-0.25, -0.2) is 0 Å². The van der Waals surface area contributed by atoms with Crippen LogP contribution in [-0.2, 0) is 27.3 Å². The first-order chi connectivity index (χ1) is 12.0. The van der Waals surface area contributed by atoms with Crippen molar-refractivity contribution in [3.8, 4) is 0 Å². The van der Waals surface area contributed by atoms with Crippen LogP contribution in [-0.4, -0.2) is 23.6 Å². The second-order valence-corrected chi connectivity index (χ2v) is 8.21.